The third kappa shape index (κ3) is 2.59. The van der Waals surface area contributed by atoms with Crippen LogP contribution in [0.25, 0.3) is 0 Å². The quantitative estimate of drug-likeness (QED) is 0.562. The second-order valence-corrected chi connectivity index (χ2v) is 8.05. The lowest BCUT2D eigenvalue weighted by Gasteiger charge is -2.25. The molecule has 2 saturated carbocycles. The molecule has 5 atom stereocenters. The number of aliphatic carboxylic acids is 1. The van der Waals surface area contributed by atoms with Crippen molar-refractivity contribution in [3.63, 3.8) is 0 Å². The number of aliphatic hydroxyl groups is 1. The molecule has 3 nitrogen and oxygen atoms in total. The van der Waals surface area contributed by atoms with Crippen molar-refractivity contribution in [2.24, 2.45) is 28.6 Å². The van der Waals surface area contributed by atoms with Crippen LogP contribution in [0.1, 0.15) is 40.5 Å². The van der Waals surface area contributed by atoms with E-state index in [9.17, 15) is 15.0 Å². The van der Waals surface area contributed by atoms with Gasteiger partial charge in [0.15, 0.2) is 0 Å². The van der Waals surface area contributed by atoms with Gasteiger partial charge in [-0.2, -0.15) is 0 Å². The fourth-order valence-corrected chi connectivity index (χ4v) is 4.91. The predicted molar refractivity (Wildman–Crippen MR) is 97.5 cm³/mol. The van der Waals surface area contributed by atoms with Gasteiger partial charge >= 0.3 is 5.97 Å². The van der Waals surface area contributed by atoms with Gasteiger partial charge in [0, 0.05) is 11.8 Å². The van der Waals surface area contributed by atoms with Crippen LogP contribution in [0.15, 0.2) is 48.6 Å². The first-order valence-corrected chi connectivity index (χ1v) is 8.65. The Hall–Kier alpha value is -1.61. The van der Waals surface area contributed by atoms with Gasteiger partial charge in [-0.1, -0.05) is 62.5 Å². The number of aliphatic hydroxyl groups excluding tert-OH is 1. The number of hydrogen-bond donors (Lipinski definition) is 2. The third-order valence-corrected chi connectivity index (χ3v) is 6.18. The first-order valence-electron chi connectivity index (χ1n) is 8.65. The zero-order valence-corrected chi connectivity index (χ0v) is 15.2. The van der Waals surface area contributed by atoms with E-state index in [-0.39, 0.29) is 23.2 Å². The summed E-state index contributed by atoms with van der Waals surface area (Å²) < 4.78 is 0. The summed E-state index contributed by atoms with van der Waals surface area (Å²) in [6, 6.07) is 0. The number of carboxylic acids is 1. The first kappa shape index (κ1) is 18.7. The largest absolute Gasteiger partial charge is 0.481 e. The molecule has 3 heteroatoms. The van der Waals surface area contributed by atoms with Crippen molar-refractivity contribution in [2.45, 2.75) is 46.6 Å². The van der Waals surface area contributed by atoms with Gasteiger partial charge in [-0.05, 0) is 38.0 Å². The number of carbonyl (C=O) groups is 1. The molecule has 0 radical (unpaired) electrons. The number of carboxylic acid groups (broad SMARTS) is 1. The lowest BCUT2D eigenvalue weighted by molar-refractivity contribution is -0.147. The van der Waals surface area contributed by atoms with Crippen LogP contribution in [0.5, 0.6) is 0 Å². The van der Waals surface area contributed by atoms with E-state index in [2.05, 4.69) is 19.2 Å². The van der Waals surface area contributed by atoms with Crippen LogP contribution in [0.3, 0.4) is 0 Å². The van der Waals surface area contributed by atoms with Gasteiger partial charge < -0.3 is 10.2 Å². The molecule has 132 valence electrons. The molecule has 2 aliphatic rings. The van der Waals surface area contributed by atoms with E-state index < -0.39 is 17.5 Å². The molecule has 2 aliphatic carbocycles. The van der Waals surface area contributed by atoms with Crippen molar-refractivity contribution in [1.82, 2.24) is 0 Å². The fraction of sp³-hybridized carbons (Fsp3) is 0.571. The summed E-state index contributed by atoms with van der Waals surface area (Å²) in [7, 11) is 0. The predicted octanol–water partition coefficient (Wildman–Crippen LogP) is 4.37. The zero-order valence-electron chi connectivity index (χ0n) is 15.2. The maximum absolute atomic E-state index is 12.3. The van der Waals surface area contributed by atoms with Crippen LogP contribution in [0.2, 0.25) is 0 Å². The van der Waals surface area contributed by atoms with Crippen LogP contribution in [0, 0.1) is 28.6 Å². The molecule has 0 bridgehead atoms. The standard InChI is InChI=1S/C21H30O3/c1-7-8-9-10-15-14(4)16(12-17(15)22)21(19(23)24)18(11-13(2)3)20(21,5)6/h7-9,11,15-18,22H,1,4,10,12H2,2-3,5-6H3,(H,23,24)/b9-8-/t15-,16+,17+,18+,21+/m0/s1. The van der Waals surface area contributed by atoms with Crippen molar-refractivity contribution in [3.05, 3.63) is 48.6 Å². The van der Waals surface area contributed by atoms with E-state index in [1.54, 1.807) is 6.08 Å². The highest BCUT2D eigenvalue weighted by Crippen LogP contribution is 2.76. The van der Waals surface area contributed by atoms with Crippen LogP contribution in [-0.4, -0.2) is 22.3 Å². The summed E-state index contributed by atoms with van der Waals surface area (Å²) >= 11 is 0. The molecule has 24 heavy (non-hydrogen) atoms. The highest BCUT2D eigenvalue weighted by molar-refractivity contribution is 5.83. The average molecular weight is 330 g/mol. The van der Waals surface area contributed by atoms with E-state index in [1.165, 1.54) is 0 Å². The van der Waals surface area contributed by atoms with Gasteiger partial charge in [-0.25, -0.2) is 0 Å². The molecular formula is C21H30O3. The minimum absolute atomic E-state index is 0.0242. The Bertz CT molecular complexity index is 607. The van der Waals surface area contributed by atoms with Crippen LogP contribution >= 0.6 is 0 Å². The SMILES string of the molecule is C=C/C=C\C[C@H]1C(=C)[C@H]([C@]2(C(=O)O)[C@H](C=C(C)C)C2(C)C)C[C@H]1O. The Labute approximate surface area is 145 Å². The lowest BCUT2D eigenvalue weighted by Crippen LogP contribution is -2.30. The van der Waals surface area contributed by atoms with E-state index >= 15 is 0 Å². The lowest BCUT2D eigenvalue weighted by atomic mass is 9.77. The molecule has 0 unspecified atom stereocenters. The summed E-state index contributed by atoms with van der Waals surface area (Å²) in [4.78, 5) is 12.3. The molecular weight excluding hydrogens is 300 g/mol. The molecule has 0 spiro atoms. The summed E-state index contributed by atoms with van der Waals surface area (Å²) in [6.07, 6.45) is 8.23. The van der Waals surface area contributed by atoms with Crippen molar-refractivity contribution in [1.29, 1.82) is 0 Å². The Kier molecular flexibility index (Phi) is 4.96. The van der Waals surface area contributed by atoms with Gasteiger partial charge in [0.25, 0.3) is 0 Å². The Morgan fingerprint density at radius 3 is 2.50 bits per heavy atom. The van der Waals surface area contributed by atoms with Crippen LogP contribution < -0.4 is 0 Å². The molecule has 0 aromatic carbocycles. The Morgan fingerprint density at radius 2 is 2.00 bits per heavy atom. The highest BCUT2D eigenvalue weighted by Gasteiger charge is 2.78. The van der Waals surface area contributed by atoms with Gasteiger partial charge in [-0.3, -0.25) is 4.79 Å². The zero-order chi connectivity index (χ0) is 18.3. The summed E-state index contributed by atoms with van der Waals surface area (Å²) in [5, 5.41) is 20.6. The third-order valence-electron chi connectivity index (χ3n) is 6.18. The van der Waals surface area contributed by atoms with Gasteiger partial charge in [0.1, 0.15) is 0 Å². The minimum atomic E-state index is -0.862. The van der Waals surface area contributed by atoms with E-state index in [4.69, 9.17) is 0 Å². The molecule has 0 aromatic heterocycles. The van der Waals surface area contributed by atoms with E-state index in [1.807, 2.05) is 39.8 Å². The van der Waals surface area contributed by atoms with Crippen molar-refractivity contribution >= 4 is 5.97 Å². The summed E-state index contributed by atoms with van der Waals surface area (Å²) in [5.41, 5.74) is 0.816. The molecule has 0 amide bonds. The van der Waals surface area contributed by atoms with E-state index in [0.29, 0.717) is 12.8 Å². The van der Waals surface area contributed by atoms with Crippen molar-refractivity contribution in [3.8, 4) is 0 Å². The maximum Gasteiger partial charge on any atom is 0.311 e. The molecule has 0 aromatic rings. The number of allylic oxidation sites excluding steroid dienone is 5. The highest BCUT2D eigenvalue weighted by atomic mass is 16.4. The minimum Gasteiger partial charge on any atom is -0.481 e. The molecule has 0 heterocycles. The fourth-order valence-electron chi connectivity index (χ4n) is 4.91. The topological polar surface area (TPSA) is 57.5 Å². The van der Waals surface area contributed by atoms with E-state index in [0.717, 1.165) is 11.1 Å². The number of rotatable bonds is 6. The molecule has 2 N–H and O–H groups in total. The molecule has 2 fully saturated rings. The van der Waals surface area contributed by atoms with Crippen molar-refractivity contribution in [2.75, 3.05) is 0 Å². The summed E-state index contributed by atoms with van der Waals surface area (Å²) in [5.74, 6) is -1.06. The average Bonchev–Trinajstić information content (AvgIpc) is 2.81. The Morgan fingerprint density at radius 1 is 1.38 bits per heavy atom. The molecule has 0 aliphatic heterocycles. The first-order chi connectivity index (χ1) is 11.1. The number of hydrogen-bond acceptors (Lipinski definition) is 2. The monoisotopic (exact) mass is 330 g/mol. The van der Waals surface area contributed by atoms with Crippen LogP contribution in [-0.2, 0) is 4.79 Å². The molecule has 2 rings (SSSR count). The smallest absolute Gasteiger partial charge is 0.311 e. The van der Waals surface area contributed by atoms with Crippen molar-refractivity contribution < 1.29 is 15.0 Å². The normalized spacial score (nSPS) is 37.5. The second-order valence-electron chi connectivity index (χ2n) is 8.05. The molecule has 0 saturated heterocycles. The maximum atomic E-state index is 12.3. The van der Waals surface area contributed by atoms with Crippen LogP contribution in [0.4, 0.5) is 0 Å². The Balaban J connectivity index is 2.36. The second kappa shape index (κ2) is 6.36. The van der Waals surface area contributed by atoms with Gasteiger partial charge in [0.2, 0.25) is 0 Å². The van der Waals surface area contributed by atoms with Gasteiger partial charge in [-0.15, -0.1) is 0 Å². The summed E-state index contributed by atoms with van der Waals surface area (Å²) in [6.45, 7) is 15.9. The van der Waals surface area contributed by atoms with Gasteiger partial charge in [0.05, 0.1) is 11.5 Å².